The lowest BCUT2D eigenvalue weighted by molar-refractivity contribution is -0.369. The minimum atomic E-state index is -0.348. The fraction of sp³-hybridized carbons (Fsp3) is 0.533. The van der Waals surface area contributed by atoms with Crippen LogP contribution in [0, 0.1) is 0 Å². The van der Waals surface area contributed by atoms with Gasteiger partial charge in [-0.1, -0.05) is 18.2 Å². The van der Waals surface area contributed by atoms with E-state index in [-0.39, 0.29) is 11.4 Å². The third-order valence-corrected chi connectivity index (χ3v) is 4.56. The van der Waals surface area contributed by atoms with Crippen molar-refractivity contribution >= 4 is 11.6 Å². The molecule has 1 aromatic carbocycles. The summed E-state index contributed by atoms with van der Waals surface area (Å²) in [5.74, 6) is 0.190. The maximum Gasteiger partial charge on any atom is 0.247 e. The maximum absolute atomic E-state index is 12.4. The summed E-state index contributed by atoms with van der Waals surface area (Å²) in [6.07, 6.45) is 1.79. The van der Waals surface area contributed by atoms with Crippen molar-refractivity contribution in [2.24, 2.45) is 0 Å². The molecule has 0 aromatic heterocycles. The molecule has 4 N–H and O–H groups in total. The zero-order valence-electron chi connectivity index (χ0n) is 11.8. The summed E-state index contributed by atoms with van der Waals surface area (Å²) in [4.78, 5) is 17.1. The van der Waals surface area contributed by atoms with Gasteiger partial charge in [0.2, 0.25) is 5.91 Å². The first-order chi connectivity index (χ1) is 9.76. The number of amides is 1. The zero-order valence-corrected chi connectivity index (χ0v) is 11.8. The van der Waals surface area contributed by atoms with E-state index in [0.717, 1.165) is 44.7 Å². The molecule has 0 aliphatic carbocycles. The van der Waals surface area contributed by atoms with Crippen molar-refractivity contribution in [1.29, 1.82) is 0 Å². The second-order valence-corrected chi connectivity index (χ2v) is 5.65. The molecule has 5 nitrogen and oxygen atoms in total. The van der Waals surface area contributed by atoms with E-state index >= 15 is 0 Å². The van der Waals surface area contributed by atoms with Crippen molar-refractivity contribution in [3.63, 3.8) is 0 Å². The first-order valence-corrected chi connectivity index (χ1v) is 7.39. The van der Waals surface area contributed by atoms with Gasteiger partial charge in [-0.25, -0.2) is 0 Å². The van der Waals surface area contributed by atoms with Gasteiger partial charge in [0, 0.05) is 25.3 Å². The van der Waals surface area contributed by atoms with E-state index in [2.05, 4.69) is 33.0 Å². The molecular weight excluding hydrogens is 252 g/mol. The molecule has 2 fully saturated rings. The normalized spacial score (nSPS) is 22.2. The molecule has 1 aromatic rings. The van der Waals surface area contributed by atoms with Gasteiger partial charge in [-0.2, -0.15) is 0 Å². The first-order valence-electron chi connectivity index (χ1n) is 7.39. The first kappa shape index (κ1) is 13.4. The Hall–Kier alpha value is -1.59. The van der Waals surface area contributed by atoms with E-state index < -0.39 is 0 Å². The highest BCUT2D eigenvalue weighted by atomic mass is 16.2. The average Bonchev–Trinajstić information content (AvgIpc) is 2.80. The van der Waals surface area contributed by atoms with Crippen LogP contribution in [0.5, 0.6) is 0 Å². The van der Waals surface area contributed by atoms with Gasteiger partial charge in [-0.15, -0.1) is 0 Å². The summed E-state index contributed by atoms with van der Waals surface area (Å²) in [6, 6.07) is 10.3. The molecule has 2 heterocycles. The molecule has 0 saturated carbocycles. The lowest BCUT2D eigenvalue weighted by atomic mass is 9.85. The van der Waals surface area contributed by atoms with Crippen LogP contribution in [0.3, 0.4) is 0 Å². The standard InChI is InChI=1S/C15H22N4O/c16-8-11-18-9-6-15(7-10-18)14(20)17-12-19(15)13-4-2-1-3-5-13/h1-5H,6-12,16H2,(H,17,20)/p+1. The molecule has 20 heavy (non-hydrogen) atoms. The molecule has 0 bridgehead atoms. The van der Waals surface area contributed by atoms with Crippen LogP contribution < -0.4 is 16.0 Å². The molecule has 2 aliphatic rings. The van der Waals surface area contributed by atoms with E-state index in [4.69, 9.17) is 0 Å². The summed E-state index contributed by atoms with van der Waals surface area (Å²) in [6.45, 7) is 4.54. The van der Waals surface area contributed by atoms with Crippen LogP contribution in [0.25, 0.3) is 0 Å². The maximum atomic E-state index is 12.4. The number of rotatable bonds is 3. The Labute approximate surface area is 119 Å². The van der Waals surface area contributed by atoms with Gasteiger partial charge >= 0.3 is 0 Å². The van der Waals surface area contributed by atoms with Gasteiger partial charge < -0.3 is 16.0 Å². The number of nitrogens with zero attached hydrogens (tertiary/aromatic N) is 2. The third kappa shape index (κ3) is 2.17. The number of carbonyl (C=O) groups is 1. The van der Waals surface area contributed by atoms with Gasteiger partial charge in [0.15, 0.2) is 0 Å². The van der Waals surface area contributed by atoms with E-state index in [1.54, 1.807) is 0 Å². The molecule has 0 unspecified atom stereocenters. The van der Waals surface area contributed by atoms with Crippen LogP contribution in [0.15, 0.2) is 30.3 Å². The van der Waals surface area contributed by atoms with E-state index in [1.165, 1.54) is 0 Å². The Morgan fingerprint density at radius 3 is 2.55 bits per heavy atom. The summed E-state index contributed by atoms with van der Waals surface area (Å²) in [7, 11) is 0. The molecule has 1 spiro atoms. The van der Waals surface area contributed by atoms with Crippen molar-refractivity contribution < 1.29 is 10.5 Å². The summed E-state index contributed by atoms with van der Waals surface area (Å²) in [5, 5.41) is 3.03. The van der Waals surface area contributed by atoms with Crippen molar-refractivity contribution in [2.75, 3.05) is 37.7 Å². The summed E-state index contributed by atoms with van der Waals surface area (Å²) in [5.41, 5.74) is 4.70. The molecule has 5 heteroatoms. The van der Waals surface area contributed by atoms with Gasteiger partial charge in [0.1, 0.15) is 5.54 Å². The lowest BCUT2D eigenvalue weighted by Gasteiger charge is -2.43. The molecule has 0 atom stereocenters. The number of benzene rings is 1. The Kier molecular flexibility index (Phi) is 3.63. The van der Waals surface area contributed by atoms with Crippen molar-refractivity contribution in [3.8, 4) is 0 Å². The van der Waals surface area contributed by atoms with Crippen LogP contribution in [-0.2, 0) is 4.79 Å². The number of anilines is 1. The number of piperidine rings is 1. The van der Waals surface area contributed by atoms with Crippen LogP contribution >= 0.6 is 0 Å². The van der Waals surface area contributed by atoms with Crippen molar-refractivity contribution in [3.05, 3.63) is 30.3 Å². The fourth-order valence-electron chi connectivity index (χ4n) is 3.40. The van der Waals surface area contributed by atoms with Crippen LogP contribution in [0.2, 0.25) is 0 Å². The highest BCUT2D eigenvalue weighted by Gasteiger charge is 2.50. The molecular formula is C15H23N4O+. The molecule has 108 valence electrons. The summed E-state index contributed by atoms with van der Waals surface area (Å²) < 4.78 is 0. The topological polar surface area (TPSA) is 63.2 Å². The molecule has 2 aliphatic heterocycles. The number of quaternary nitrogens is 1. The SMILES string of the molecule is [NH3+]CCN1CCC2(CC1)C(=O)NCN2c1ccccc1. The third-order valence-electron chi connectivity index (χ3n) is 4.56. The van der Waals surface area contributed by atoms with Crippen molar-refractivity contribution in [1.82, 2.24) is 10.2 Å². The fourth-order valence-corrected chi connectivity index (χ4v) is 3.40. The predicted octanol–water partition coefficient (Wildman–Crippen LogP) is -0.343. The predicted molar refractivity (Wildman–Crippen MR) is 78.1 cm³/mol. The minimum Gasteiger partial charge on any atom is -0.357 e. The molecule has 1 amide bonds. The minimum absolute atomic E-state index is 0.190. The monoisotopic (exact) mass is 275 g/mol. The molecule has 3 rings (SSSR count). The number of hydrogen-bond acceptors (Lipinski definition) is 3. The van der Waals surface area contributed by atoms with Gasteiger partial charge in [0.05, 0.1) is 13.2 Å². The van der Waals surface area contributed by atoms with E-state index in [1.807, 2.05) is 18.2 Å². The van der Waals surface area contributed by atoms with Gasteiger partial charge in [0.25, 0.3) is 0 Å². The smallest absolute Gasteiger partial charge is 0.247 e. The number of para-hydroxylation sites is 1. The van der Waals surface area contributed by atoms with Gasteiger partial charge in [-0.05, 0) is 25.0 Å². The summed E-state index contributed by atoms with van der Waals surface area (Å²) >= 11 is 0. The van der Waals surface area contributed by atoms with Crippen LogP contribution in [0.4, 0.5) is 5.69 Å². The number of hydrogen-bond donors (Lipinski definition) is 2. The second kappa shape index (κ2) is 5.42. The Bertz CT molecular complexity index is 468. The van der Waals surface area contributed by atoms with E-state index in [0.29, 0.717) is 6.67 Å². The number of carbonyl (C=O) groups excluding carboxylic acids is 1. The zero-order chi connectivity index (χ0) is 14.0. The van der Waals surface area contributed by atoms with Crippen LogP contribution in [0.1, 0.15) is 12.8 Å². The Morgan fingerprint density at radius 1 is 1.20 bits per heavy atom. The number of nitrogens with one attached hydrogen (secondary N) is 1. The molecule has 0 radical (unpaired) electrons. The van der Waals surface area contributed by atoms with E-state index in [9.17, 15) is 4.79 Å². The Morgan fingerprint density at radius 2 is 1.90 bits per heavy atom. The lowest BCUT2D eigenvalue weighted by Crippen LogP contribution is -2.60. The second-order valence-electron chi connectivity index (χ2n) is 5.65. The van der Waals surface area contributed by atoms with Gasteiger partial charge in [-0.3, -0.25) is 9.69 Å². The highest BCUT2D eigenvalue weighted by Crippen LogP contribution is 2.35. The molecule has 2 saturated heterocycles. The average molecular weight is 275 g/mol. The number of likely N-dealkylation sites (tertiary alicyclic amines) is 1. The van der Waals surface area contributed by atoms with Crippen LogP contribution in [-0.4, -0.2) is 49.2 Å². The highest BCUT2D eigenvalue weighted by molar-refractivity contribution is 5.93. The largest absolute Gasteiger partial charge is 0.357 e. The quantitative estimate of drug-likeness (QED) is 0.793. The van der Waals surface area contributed by atoms with Crippen molar-refractivity contribution in [2.45, 2.75) is 18.4 Å². The Balaban J connectivity index is 1.81.